The van der Waals surface area contributed by atoms with Crippen molar-refractivity contribution in [1.82, 2.24) is 25.1 Å². The van der Waals surface area contributed by atoms with Crippen molar-refractivity contribution in [2.45, 2.75) is 52.1 Å². The number of hydrogen-bond acceptors (Lipinski definition) is 5. The summed E-state index contributed by atoms with van der Waals surface area (Å²) >= 11 is 1.58. The Bertz CT molecular complexity index is 731. The van der Waals surface area contributed by atoms with Crippen LogP contribution in [0.25, 0.3) is 6.08 Å². The number of amides is 1. The Morgan fingerprint density at radius 1 is 1.48 bits per heavy atom. The number of fused-ring (bicyclic) bond motifs is 1. The lowest BCUT2D eigenvalue weighted by Crippen LogP contribution is -2.40. The van der Waals surface area contributed by atoms with Gasteiger partial charge in [0.05, 0.1) is 10.7 Å². The van der Waals surface area contributed by atoms with Crippen molar-refractivity contribution < 1.29 is 4.79 Å². The van der Waals surface area contributed by atoms with Crippen LogP contribution in [0.2, 0.25) is 0 Å². The summed E-state index contributed by atoms with van der Waals surface area (Å²) in [4.78, 5) is 16.4. The Balaban J connectivity index is 1.61. The molecular formula is C16H21N5OS. The highest BCUT2D eigenvalue weighted by Gasteiger charge is 2.24. The zero-order chi connectivity index (χ0) is 16.4. The molecule has 1 amide bonds. The van der Waals surface area contributed by atoms with E-state index >= 15 is 0 Å². The third kappa shape index (κ3) is 3.67. The first kappa shape index (κ1) is 15.9. The van der Waals surface area contributed by atoms with E-state index in [1.54, 1.807) is 23.5 Å². The van der Waals surface area contributed by atoms with Gasteiger partial charge in [0.1, 0.15) is 11.6 Å². The second kappa shape index (κ2) is 6.62. The molecule has 0 aliphatic carbocycles. The summed E-state index contributed by atoms with van der Waals surface area (Å²) in [6.45, 7) is 6.91. The van der Waals surface area contributed by atoms with Gasteiger partial charge in [0, 0.05) is 36.4 Å². The zero-order valence-corrected chi connectivity index (χ0v) is 14.4. The van der Waals surface area contributed by atoms with E-state index in [2.05, 4.69) is 38.9 Å². The fourth-order valence-electron chi connectivity index (χ4n) is 2.76. The first-order chi connectivity index (χ1) is 11.0. The number of nitrogens with zero attached hydrogens (tertiary/aromatic N) is 4. The van der Waals surface area contributed by atoms with Gasteiger partial charge in [-0.2, -0.15) is 0 Å². The molecule has 0 bridgehead atoms. The smallest absolute Gasteiger partial charge is 0.244 e. The molecule has 0 saturated carbocycles. The Labute approximate surface area is 139 Å². The van der Waals surface area contributed by atoms with E-state index in [0.717, 1.165) is 41.7 Å². The van der Waals surface area contributed by atoms with E-state index in [1.807, 2.05) is 12.3 Å². The molecular weight excluding hydrogens is 310 g/mol. The number of thiazole rings is 1. The predicted molar refractivity (Wildman–Crippen MR) is 90.2 cm³/mol. The van der Waals surface area contributed by atoms with Gasteiger partial charge >= 0.3 is 0 Å². The molecule has 2 aromatic rings. The molecule has 1 atom stereocenters. The first-order valence-electron chi connectivity index (χ1n) is 7.85. The van der Waals surface area contributed by atoms with Gasteiger partial charge in [0.15, 0.2) is 0 Å². The van der Waals surface area contributed by atoms with Crippen LogP contribution in [0, 0.1) is 6.92 Å². The molecule has 7 heteroatoms. The standard InChI is InChI=1S/C16H21N5OS/c1-10(2)16-20-19-14-6-4-12(8-21(14)16)18-15(22)7-5-13-9-23-11(3)17-13/h5,7,9-10,12H,4,6,8H2,1-3H3,(H,18,22)/b7-5+/t12-/m1/s1. The molecule has 1 aliphatic heterocycles. The fraction of sp³-hybridized carbons (Fsp3) is 0.500. The summed E-state index contributed by atoms with van der Waals surface area (Å²) in [6.07, 6.45) is 5.05. The fourth-order valence-corrected chi connectivity index (χ4v) is 3.34. The molecule has 3 heterocycles. The molecule has 3 rings (SSSR count). The number of aryl methyl sites for hydroxylation is 2. The van der Waals surface area contributed by atoms with Gasteiger partial charge in [0.2, 0.25) is 5.91 Å². The summed E-state index contributed by atoms with van der Waals surface area (Å²) in [5.74, 6) is 2.27. The second-order valence-corrected chi connectivity index (χ2v) is 7.17. The highest BCUT2D eigenvalue weighted by molar-refractivity contribution is 7.09. The van der Waals surface area contributed by atoms with E-state index in [-0.39, 0.29) is 11.9 Å². The van der Waals surface area contributed by atoms with Crippen LogP contribution in [-0.4, -0.2) is 31.7 Å². The van der Waals surface area contributed by atoms with E-state index in [0.29, 0.717) is 5.92 Å². The van der Waals surface area contributed by atoms with Gasteiger partial charge in [-0.3, -0.25) is 4.79 Å². The highest BCUT2D eigenvalue weighted by Crippen LogP contribution is 2.20. The molecule has 1 aliphatic rings. The molecule has 6 nitrogen and oxygen atoms in total. The van der Waals surface area contributed by atoms with Crippen molar-refractivity contribution >= 4 is 23.3 Å². The molecule has 1 N–H and O–H groups in total. The summed E-state index contributed by atoms with van der Waals surface area (Å²) in [6, 6.07) is 0.116. The molecule has 23 heavy (non-hydrogen) atoms. The van der Waals surface area contributed by atoms with Gasteiger partial charge in [-0.25, -0.2) is 4.98 Å². The lowest BCUT2D eigenvalue weighted by atomic mass is 10.1. The van der Waals surface area contributed by atoms with Gasteiger partial charge in [-0.1, -0.05) is 13.8 Å². The summed E-state index contributed by atoms with van der Waals surface area (Å²) < 4.78 is 2.15. The maximum atomic E-state index is 12.1. The van der Waals surface area contributed by atoms with E-state index in [4.69, 9.17) is 0 Å². The zero-order valence-electron chi connectivity index (χ0n) is 13.6. The first-order valence-corrected chi connectivity index (χ1v) is 8.73. The van der Waals surface area contributed by atoms with Crippen LogP contribution in [-0.2, 0) is 17.8 Å². The summed E-state index contributed by atoms with van der Waals surface area (Å²) in [5.41, 5.74) is 0.828. The molecule has 0 radical (unpaired) electrons. The average Bonchev–Trinajstić information content (AvgIpc) is 3.11. The third-order valence-corrected chi connectivity index (χ3v) is 4.67. The van der Waals surface area contributed by atoms with Crippen molar-refractivity contribution in [2.75, 3.05) is 0 Å². The van der Waals surface area contributed by atoms with Crippen molar-refractivity contribution in [3.8, 4) is 0 Å². The topological polar surface area (TPSA) is 72.7 Å². The van der Waals surface area contributed by atoms with Gasteiger partial charge in [0.25, 0.3) is 0 Å². The van der Waals surface area contributed by atoms with E-state index in [1.165, 1.54) is 0 Å². The lowest BCUT2D eigenvalue weighted by molar-refractivity contribution is -0.117. The average molecular weight is 331 g/mol. The molecule has 0 spiro atoms. The normalized spacial score (nSPS) is 17.7. The maximum Gasteiger partial charge on any atom is 0.244 e. The molecule has 2 aromatic heterocycles. The van der Waals surface area contributed by atoms with Crippen molar-refractivity contribution in [3.63, 3.8) is 0 Å². The van der Waals surface area contributed by atoms with Crippen LogP contribution < -0.4 is 5.32 Å². The Hall–Kier alpha value is -2.02. The SMILES string of the molecule is Cc1nc(/C=C/C(=O)N[C@@H]2CCc3nnc(C(C)C)n3C2)cs1. The van der Waals surface area contributed by atoms with Gasteiger partial charge < -0.3 is 9.88 Å². The number of carbonyl (C=O) groups excluding carboxylic acids is 1. The highest BCUT2D eigenvalue weighted by atomic mass is 32.1. The van der Waals surface area contributed by atoms with Crippen LogP contribution in [0.3, 0.4) is 0 Å². The predicted octanol–water partition coefficient (Wildman–Crippen LogP) is 2.31. The summed E-state index contributed by atoms with van der Waals surface area (Å²) in [7, 11) is 0. The maximum absolute atomic E-state index is 12.1. The molecule has 122 valence electrons. The molecule has 0 saturated heterocycles. The van der Waals surface area contributed by atoms with Crippen LogP contribution in [0.5, 0.6) is 0 Å². The Morgan fingerprint density at radius 2 is 2.30 bits per heavy atom. The minimum absolute atomic E-state index is 0.0803. The Kier molecular flexibility index (Phi) is 4.56. The van der Waals surface area contributed by atoms with Gasteiger partial charge in [-0.05, 0) is 19.4 Å². The minimum Gasteiger partial charge on any atom is -0.348 e. The van der Waals surface area contributed by atoms with Crippen LogP contribution >= 0.6 is 11.3 Å². The molecule has 0 aromatic carbocycles. The monoisotopic (exact) mass is 331 g/mol. The number of rotatable bonds is 4. The number of nitrogens with one attached hydrogen (secondary N) is 1. The van der Waals surface area contributed by atoms with E-state index in [9.17, 15) is 4.79 Å². The minimum atomic E-state index is -0.0803. The summed E-state index contributed by atoms with van der Waals surface area (Å²) in [5, 5.41) is 14.5. The number of aromatic nitrogens is 4. The lowest BCUT2D eigenvalue weighted by Gasteiger charge is -2.25. The van der Waals surface area contributed by atoms with Crippen LogP contribution in [0.15, 0.2) is 11.5 Å². The van der Waals surface area contributed by atoms with Crippen LogP contribution in [0.1, 0.15) is 48.5 Å². The quantitative estimate of drug-likeness (QED) is 0.873. The van der Waals surface area contributed by atoms with Crippen molar-refractivity contribution in [3.05, 3.63) is 33.8 Å². The molecule has 0 fully saturated rings. The Morgan fingerprint density at radius 3 is 3.00 bits per heavy atom. The van der Waals surface area contributed by atoms with Crippen LogP contribution in [0.4, 0.5) is 0 Å². The molecule has 0 unspecified atom stereocenters. The second-order valence-electron chi connectivity index (χ2n) is 6.11. The largest absolute Gasteiger partial charge is 0.348 e. The van der Waals surface area contributed by atoms with E-state index < -0.39 is 0 Å². The van der Waals surface area contributed by atoms with Crippen molar-refractivity contribution in [1.29, 1.82) is 0 Å². The number of hydrogen-bond donors (Lipinski definition) is 1. The van der Waals surface area contributed by atoms with Crippen molar-refractivity contribution in [2.24, 2.45) is 0 Å². The third-order valence-electron chi connectivity index (χ3n) is 3.88. The number of carbonyl (C=O) groups is 1. The van der Waals surface area contributed by atoms with Gasteiger partial charge in [-0.15, -0.1) is 21.5 Å².